The van der Waals surface area contributed by atoms with Crippen molar-refractivity contribution in [1.29, 1.82) is 0 Å². The van der Waals surface area contributed by atoms with Gasteiger partial charge in [-0.25, -0.2) is 0 Å². The highest BCUT2D eigenvalue weighted by Gasteiger charge is 2.13. The van der Waals surface area contributed by atoms with Gasteiger partial charge < -0.3 is 10.4 Å². The van der Waals surface area contributed by atoms with E-state index < -0.39 is 0 Å². The number of halogens is 1. The van der Waals surface area contributed by atoms with Crippen molar-refractivity contribution in [3.63, 3.8) is 0 Å². The molecular formula is C11H16ClNO2. The van der Waals surface area contributed by atoms with E-state index >= 15 is 0 Å². The minimum atomic E-state index is -0.140. The van der Waals surface area contributed by atoms with Crippen molar-refractivity contribution in [1.82, 2.24) is 0 Å². The summed E-state index contributed by atoms with van der Waals surface area (Å²) in [5.74, 6) is 0.0115. The molecule has 3 nitrogen and oxygen atoms in total. The molecule has 0 spiro atoms. The Hall–Kier alpha value is -1.22. The number of phenols is 1. The van der Waals surface area contributed by atoms with Crippen LogP contribution in [0.4, 0.5) is 5.69 Å². The summed E-state index contributed by atoms with van der Waals surface area (Å²) in [5.41, 5.74) is 0.750. The minimum Gasteiger partial charge on any atom is -0.505 e. The number of nitrogens with one attached hydrogen (secondary N) is 1. The van der Waals surface area contributed by atoms with Crippen LogP contribution in [0.2, 0.25) is 0 Å². The molecular weight excluding hydrogens is 214 g/mol. The van der Waals surface area contributed by atoms with Crippen LogP contribution in [0.1, 0.15) is 31.1 Å². The van der Waals surface area contributed by atoms with Crippen LogP contribution in [0.5, 0.6) is 5.75 Å². The molecule has 0 aromatic heterocycles. The van der Waals surface area contributed by atoms with Gasteiger partial charge in [-0.1, -0.05) is 6.07 Å². The van der Waals surface area contributed by atoms with E-state index in [0.29, 0.717) is 17.5 Å². The van der Waals surface area contributed by atoms with Crippen molar-refractivity contribution in [2.24, 2.45) is 0 Å². The van der Waals surface area contributed by atoms with Gasteiger partial charge in [0.1, 0.15) is 5.75 Å². The molecule has 0 amide bonds. The summed E-state index contributed by atoms with van der Waals surface area (Å²) in [5, 5.41) is 12.8. The number of carbonyl (C=O) groups excluding carboxylic acids is 1. The highest BCUT2D eigenvalue weighted by atomic mass is 35.5. The molecule has 0 aliphatic carbocycles. The van der Waals surface area contributed by atoms with Crippen LogP contribution in [-0.4, -0.2) is 16.9 Å². The first-order chi connectivity index (χ1) is 6.44. The first-order valence-electron chi connectivity index (χ1n) is 4.49. The van der Waals surface area contributed by atoms with Gasteiger partial charge in [-0.15, -0.1) is 12.4 Å². The zero-order valence-corrected chi connectivity index (χ0v) is 9.89. The summed E-state index contributed by atoms with van der Waals surface area (Å²) in [7, 11) is 0. The number of anilines is 1. The van der Waals surface area contributed by atoms with E-state index in [2.05, 4.69) is 5.32 Å². The molecule has 1 aromatic carbocycles. The number of rotatable bonds is 2. The van der Waals surface area contributed by atoms with Gasteiger partial charge in [-0.2, -0.15) is 0 Å². The molecule has 1 rings (SSSR count). The number of benzene rings is 1. The lowest BCUT2D eigenvalue weighted by Crippen LogP contribution is -2.26. The van der Waals surface area contributed by atoms with E-state index in [1.54, 1.807) is 18.2 Å². The summed E-state index contributed by atoms with van der Waals surface area (Å²) in [6, 6.07) is 5.06. The zero-order valence-electron chi connectivity index (χ0n) is 9.07. The molecule has 4 heteroatoms. The Balaban J connectivity index is 0.00000196. The van der Waals surface area contributed by atoms with E-state index in [1.807, 2.05) is 20.8 Å². The lowest BCUT2D eigenvalue weighted by atomic mass is 10.1. The van der Waals surface area contributed by atoms with Crippen LogP contribution in [0.3, 0.4) is 0 Å². The van der Waals surface area contributed by atoms with Gasteiger partial charge in [0.25, 0.3) is 0 Å². The second-order valence-corrected chi connectivity index (χ2v) is 4.24. The molecule has 0 bridgehead atoms. The predicted molar refractivity (Wildman–Crippen MR) is 64.1 cm³/mol. The highest BCUT2D eigenvalue weighted by molar-refractivity contribution is 5.85. The SMILES string of the molecule is CC(C)(C)Nc1cccc(C=O)c1O.Cl. The number of phenolic OH excluding ortho intramolecular Hbond substituents is 1. The van der Waals surface area contributed by atoms with Crippen LogP contribution in [-0.2, 0) is 0 Å². The molecule has 2 N–H and O–H groups in total. The van der Waals surface area contributed by atoms with E-state index in [0.717, 1.165) is 0 Å². The number of hydrogen-bond donors (Lipinski definition) is 2. The molecule has 0 radical (unpaired) electrons. The van der Waals surface area contributed by atoms with Crippen molar-refractivity contribution in [3.8, 4) is 5.75 Å². The maximum atomic E-state index is 10.6. The van der Waals surface area contributed by atoms with Crippen LogP contribution in [0, 0.1) is 0 Å². The van der Waals surface area contributed by atoms with Crippen LogP contribution in [0.25, 0.3) is 0 Å². The number of aromatic hydroxyl groups is 1. The van der Waals surface area contributed by atoms with Gasteiger partial charge >= 0.3 is 0 Å². The first kappa shape index (κ1) is 13.8. The van der Waals surface area contributed by atoms with Crippen molar-refractivity contribution >= 4 is 24.4 Å². The Labute approximate surface area is 95.9 Å². The second-order valence-electron chi connectivity index (χ2n) is 4.24. The molecule has 84 valence electrons. The Kier molecular flexibility index (Phi) is 4.62. The van der Waals surface area contributed by atoms with Crippen molar-refractivity contribution < 1.29 is 9.90 Å². The number of para-hydroxylation sites is 1. The summed E-state index contributed by atoms with van der Waals surface area (Å²) >= 11 is 0. The van der Waals surface area contributed by atoms with Gasteiger partial charge in [-0.05, 0) is 32.9 Å². The van der Waals surface area contributed by atoms with Gasteiger partial charge in [0.2, 0.25) is 0 Å². The summed E-state index contributed by atoms with van der Waals surface area (Å²) in [6.45, 7) is 5.96. The third-order valence-corrected chi connectivity index (χ3v) is 1.70. The normalized spacial score (nSPS) is 10.3. The number of aldehydes is 1. The number of hydrogen-bond acceptors (Lipinski definition) is 3. The van der Waals surface area contributed by atoms with E-state index in [4.69, 9.17) is 0 Å². The molecule has 0 aliphatic rings. The maximum Gasteiger partial charge on any atom is 0.153 e. The van der Waals surface area contributed by atoms with E-state index in [-0.39, 0.29) is 23.7 Å². The van der Waals surface area contributed by atoms with Crippen molar-refractivity contribution in [2.45, 2.75) is 26.3 Å². The Morgan fingerprint density at radius 1 is 1.33 bits per heavy atom. The second kappa shape index (κ2) is 5.03. The van der Waals surface area contributed by atoms with Crippen LogP contribution >= 0.6 is 12.4 Å². The molecule has 15 heavy (non-hydrogen) atoms. The fraction of sp³-hybridized carbons (Fsp3) is 0.364. The average molecular weight is 230 g/mol. The molecule has 0 atom stereocenters. The van der Waals surface area contributed by atoms with E-state index in [1.165, 1.54) is 0 Å². The zero-order chi connectivity index (χ0) is 10.8. The Morgan fingerprint density at radius 3 is 2.40 bits per heavy atom. The Morgan fingerprint density at radius 2 is 1.93 bits per heavy atom. The van der Waals surface area contributed by atoms with Crippen LogP contribution in [0.15, 0.2) is 18.2 Å². The summed E-state index contributed by atoms with van der Waals surface area (Å²) < 4.78 is 0. The largest absolute Gasteiger partial charge is 0.505 e. The molecule has 0 heterocycles. The average Bonchev–Trinajstić information content (AvgIpc) is 2.06. The van der Waals surface area contributed by atoms with Gasteiger partial charge in [-0.3, -0.25) is 4.79 Å². The van der Waals surface area contributed by atoms with Crippen molar-refractivity contribution in [3.05, 3.63) is 23.8 Å². The number of carbonyl (C=O) groups is 1. The van der Waals surface area contributed by atoms with Gasteiger partial charge in [0.05, 0.1) is 11.3 Å². The van der Waals surface area contributed by atoms with Gasteiger partial charge in [0, 0.05) is 5.54 Å². The molecule has 1 aromatic rings. The van der Waals surface area contributed by atoms with Gasteiger partial charge in [0.15, 0.2) is 6.29 Å². The minimum absolute atomic E-state index is 0. The molecule has 0 aliphatic heterocycles. The standard InChI is InChI=1S/C11H15NO2.ClH/c1-11(2,3)12-9-6-4-5-8(7-13)10(9)14;/h4-7,12,14H,1-3H3;1H. The fourth-order valence-electron chi connectivity index (χ4n) is 1.16. The molecule has 0 saturated heterocycles. The highest BCUT2D eigenvalue weighted by Crippen LogP contribution is 2.28. The fourth-order valence-corrected chi connectivity index (χ4v) is 1.16. The first-order valence-corrected chi connectivity index (χ1v) is 4.49. The molecule has 0 saturated carbocycles. The molecule has 0 unspecified atom stereocenters. The quantitative estimate of drug-likeness (QED) is 0.606. The van der Waals surface area contributed by atoms with E-state index in [9.17, 15) is 9.90 Å². The lowest BCUT2D eigenvalue weighted by molar-refractivity contribution is 0.112. The van der Waals surface area contributed by atoms with Crippen molar-refractivity contribution in [2.75, 3.05) is 5.32 Å². The summed E-state index contributed by atoms with van der Waals surface area (Å²) in [4.78, 5) is 10.6. The third-order valence-electron chi connectivity index (χ3n) is 1.70. The van der Waals surface area contributed by atoms with Crippen LogP contribution < -0.4 is 5.32 Å². The molecule has 0 fully saturated rings. The lowest BCUT2D eigenvalue weighted by Gasteiger charge is -2.23. The topological polar surface area (TPSA) is 49.3 Å². The Bertz CT molecular complexity index is 345. The third kappa shape index (κ3) is 3.80. The predicted octanol–water partition coefficient (Wildman–Crippen LogP) is 2.84. The smallest absolute Gasteiger partial charge is 0.153 e. The maximum absolute atomic E-state index is 10.6. The summed E-state index contributed by atoms with van der Waals surface area (Å²) in [6.07, 6.45) is 0.642. The monoisotopic (exact) mass is 229 g/mol.